The highest BCUT2D eigenvalue weighted by Gasteiger charge is 2.16. The molecule has 2 amide bonds. The third-order valence-corrected chi connectivity index (χ3v) is 3.38. The van der Waals surface area contributed by atoms with Crippen LogP contribution in [0, 0.1) is 0 Å². The molecule has 1 aliphatic carbocycles. The van der Waals surface area contributed by atoms with E-state index in [1.807, 2.05) is 12.1 Å². The van der Waals surface area contributed by atoms with Crippen molar-refractivity contribution in [2.24, 2.45) is 0 Å². The van der Waals surface area contributed by atoms with Gasteiger partial charge in [0.15, 0.2) is 0 Å². The van der Waals surface area contributed by atoms with Crippen molar-refractivity contribution in [1.29, 1.82) is 0 Å². The lowest BCUT2D eigenvalue weighted by atomic mass is 10.3. The summed E-state index contributed by atoms with van der Waals surface area (Å²) in [6, 6.07) is 7.44. The summed E-state index contributed by atoms with van der Waals surface area (Å²) in [5.41, 5.74) is 0. The third kappa shape index (κ3) is 4.99. The van der Waals surface area contributed by atoms with Crippen molar-refractivity contribution in [1.82, 2.24) is 10.6 Å². The molecule has 5 heteroatoms. The minimum absolute atomic E-state index is 0.110. The van der Waals surface area contributed by atoms with E-state index >= 15 is 0 Å². The number of amides is 2. The Morgan fingerprint density at radius 2 is 2.16 bits per heavy atom. The van der Waals surface area contributed by atoms with Gasteiger partial charge in [0.1, 0.15) is 12.4 Å². The highest BCUT2D eigenvalue weighted by Crippen LogP contribution is 2.17. The molecule has 0 aromatic heterocycles. The van der Waals surface area contributed by atoms with Crippen molar-refractivity contribution in [2.45, 2.75) is 31.7 Å². The monoisotopic (exact) mass is 282 g/mol. The number of benzene rings is 1. The summed E-state index contributed by atoms with van der Waals surface area (Å²) in [4.78, 5) is 11.6. The Kier molecular flexibility index (Phi) is 5.33. The van der Waals surface area contributed by atoms with Crippen LogP contribution in [0.5, 0.6) is 5.75 Å². The molecule has 0 aliphatic heterocycles. The molecule has 104 valence electrons. The van der Waals surface area contributed by atoms with Crippen molar-refractivity contribution in [2.75, 3.05) is 13.2 Å². The molecule has 0 unspecified atom stereocenters. The first-order valence-electron chi connectivity index (χ1n) is 6.67. The largest absolute Gasteiger partial charge is 0.492 e. The van der Waals surface area contributed by atoms with Gasteiger partial charge in [-0.15, -0.1) is 0 Å². The quantitative estimate of drug-likeness (QED) is 0.816. The Hall–Kier alpha value is -1.42. The maximum absolute atomic E-state index is 11.6. The normalized spacial score (nSPS) is 15.2. The topological polar surface area (TPSA) is 50.4 Å². The van der Waals surface area contributed by atoms with Crippen LogP contribution in [0.25, 0.3) is 0 Å². The van der Waals surface area contributed by atoms with Gasteiger partial charge in [0.2, 0.25) is 0 Å². The van der Waals surface area contributed by atoms with Gasteiger partial charge in [-0.2, -0.15) is 0 Å². The van der Waals surface area contributed by atoms with Crippen molar-refractivity contribution in [3.63, 3.8) is 0 Å². The Morgan fingerprint density at radius 1 is 1.37 bits per heavy atom. The molecule has 1 aromatic carbocycles. The van der Waals surface area contributed by atoms with E-state index in [0.29, 0.717) is 30.0 Å². The number of carbonyl (C=O) groups excluding carboxylic acids is 1. The van der Waals surface area contributed by atoms with E-state index in [1.165, 1.54) is 12.8 Å². The average Bonchev–Trinajstić information content (AvgIpc) is 2.87. The van der Waals surface area contributed by atoms with Gasteiger partial charge in [0, 0.05) is 11.1 Å². The SMILES string of the molecule is O=C(NCCOc1cccc(Cl)c1)NC1CCCC1. The van der Waals surface area contributed by atoms with Gasteiger partial charge in [-0.1, -0.05) is 30.5 Å². The molecule has 0 spiro atoms. The minimum atomic E-state index is -0.110. The lowest BCUT2D eigenvalue weighted by molar-refractivity contribution is 0.233. The molecule has 0 saturated heterocycles. The fourth-order valence-electron chi connectivity index (χ4n) is 2.20. The molecular weight excluding hydrogens is 264 g/mol. The van der Waals surface area contributed by atoms with Crippen LogP contribution in [0.3, 0.4) is 0 Å². The maximum Gasteiger partial charge on any atom is 0.315 e. The molecule has 0 radical (unpaired) electrons. The maximum atomic E-state index is 11.6. The third-order valence-electron chi connectivity index (χ3n) is 3.14. The Morgan fingerprint density at radius 3 is 2.89 bits per heavy atom. The van der Waals surface area contributed by atoms with E-state index in [1.54, 1.807) is 12.1 Å². The molecule has 0 heterocycles. The molecular formula is C14H19ClN2O2. The molecule has 4 nitrogen and oxygen atoms in total. The van der Waals surface area contributed by atoms with E-state index in [-0.39, 0.29) is 6.03 Å². The van der Waals surface area contributed by atoms with Gasteiger partial charge in [-0.05, 0) is 31.0 Å². The summed E-state index contributed by atoms with van der Waals surface area (Å²) in [7, 11) is 0. The first kappa shape index (κ1) is 14.0. The highest BCUT2D eigenvalue weighted by atomic mass is 35.5. The Bertz CT molecular complexity index is 420. The van der Waals surface area contributed by atoms with Crippen molar-refractivity contribution < 1.29 is 9.53 Å². The summed E-state index contributed by atoms with van der Waals surface area (Å²) >= 11 is 5.84. The zero-order valence-corrected chi connectivity index (χ0v) is 11.6. The molecule has 2 rings (SSSR count). The standard InChI is InChI=1S/C14H19ClN2O2/c15-11-4-3-7-13(10-11)19-9-8-16-14(18)17-12-5-1-2-6-12/h3-4,7,10,12H,1-2,5-6,8-9H2,(H2,16,17,18). The molecule has 0 bridgehead atoms. The van der Waals surface area contributed by atoms with Crippen molar-refractivity contribution in [3.05, 3.63) is 29.3 Å². The average molecular weight is 283 g/mol. The van der Waals surface area contributed by atoms with Gasteiger partial charge < -0.3 is 15.4 Å². The van der Waals surface area contributed by atoms with Gasteiger partial charge in [-0.25, -0.2) is 4.79 Å². The smallest absolute Gasteiger partial charge is 0.315 e. The Labute approximate surface area is 118 Å². The van der Waals surface area contributed by atoms with E-state index in [9.17, 15) is 4.79 Å². The number of ether oxygens (including phenoxy) is 1. The number of rotatable bonds is 5. The molecule has 19 heavy (non-hydrogen) atoms. The van der Waals surface area contributed by atoms with E-state index < -0.39 is 0 Å². The van der Waals surface area contributed by atoms with Crippen LogP contribution in [-0.2, 0) is 0 Å². The lowest BCUT2D eigenvalue weighted by Crippen LogP contribution is -2.42. The minimum Gasteiger partial charge on any atom is -0.492 e. The molecule has 0 atom stereocenters. The van der Waals surface area contributed by atoms with Crippen LogP contribution in [0.4, 0.5) is 4.79 Å². The highest BCUT2D eigenvalue weighted by molar-refractivity contribution is 6.30. The summed E-state index contributed by atoms with van der Waals surface area (Å²) in [5.74, 6) is 0.713. The summed E-state index contributed by atoms with van der Waals surface area (Å²) in [5, 5.41) is 6.39. The predicted octanol–water partition coefficient (Wildman–Crippen LogP) is 2.96. The van der Waals surface area contributed by atoms with E-state index in [4.69, 9.17) is 16.3 Å². The van der Waals surface area contributed by atoms with Crippen LogP contribution < -0.4 is 15.4 Å². The van der Waals surface area contributed by atoms with Gasteiger partial charge in [-0.3, -0.25) is 0 Å². The summed E-state index contributed by atoms with van der Waals surface area (Å²) < 4.78 is 5.48. The number of halogens is 1. The number of nitrogens with one attached hydrogen (secondary N) is 2. The van der Waals surface area contributed by atoms with Crippen molar-refractivity contribution >= 4 is 17.6 Å². The second kappa shape index (κ2) is 7.24. The van der Waals surface area contributed by atoms with Gasteiger partial charge >= 0.3 is 6.03 Å². The van der Waals surface area contributed by atoms with Crippen LogP contribution in [0.2, 0.25) is 5.02 Å². The van der Waals surface area contributed by atoms with Crippen LogP contribution in [0.1, 0.15) is 25.7 Å². The van der Waals surface area contributed by atoms with Crippen molar-refractivity contribution in [3.8, 4) is 5.75 Å². The van der Waals surface area contributed by atoms with Crippen LogP contribution >= 0.6 is 11.6 Å². The zero-order chi connectivity index (χ0) is 13.5. The van der Waals surface area contributed by atoms with Gasteiger partial charge in [0.25, 0.3) is 0 Å². The van der Waals surface area contributed by atoms with E-state index in [0.717, 1.165) is 12.8 Å². The summed E-state index contributed by atoms with van der Waals surface area (Å²) in [6.45, 7) is 0.906. The fourth-order valence-corrected chi connectivity index (χ4v) is 2.38. The van der Waals surface area contributed by atoms with Gasteiger partial charge in [0.05, 0.1) is 6.54 Å². The molecule has 1 saturated carbocycles. The summed E-state index contributed by atoms with van der Waals surface area (Å²) in [6.07, 6.45) is 4.60. The predicted molar refractivity (Wildman–Crippen MR) is 75.7 cm³/mol. The first-order valence-corrected chi connectivity index (χ1v) is 7.04. The lowest BCUT2D eigenvalue weighted by Gasteiger charge is -2.13. The second-order valence-corrected chi connectivity index (χ2v) is 5.12. The van der Waals surface area contributed by atoms with Crippen LogP contribution in [0.15, 0.2) is 24.3 Å². The second-order valence-electron chi connectivity index (χ2n) is 4.69. The number of urea groups is 1. The number of carbonyl (C=O) groups is 1. The Balaban J connectivity index is 1.59. The number of hydrogen-bond acceptors (Lipinski definition) is 2. The molecule has 2 N–H and O–H groups in total. The number of hydrogen-bond donors (Lipinski definition) is 2. The fraction of sp³-hybridized carbons (Fsp3) is 0.500. The molecule has 1 fully saturated rings. The van der Waals surface area contributed by atoms with E-state index in [2.05, 4.69) is 10.6 Å². The zero-order valence-electron chi connectivity index (χ0n) is 10.8. The molecule has 1 aliphatic rings. The molecule has 1 aromatic rings. The van der Waals surface area contributed by atoms with Crippen LogP contribution in [-0.4, -0.2) is 25.2 Å². The first-order chi connectivity index (χ1) is 9.24.